The molecule has 60 heavy (non-hydrogen) atoms. The molecule has 0 spiro atoms. The molecule has 0 aromatic carbocycles. The predicted octanol–water partition coefficient (Wildman–Crippen LogP) is 7.06. The van der Waals surface area contributed by atoms with Gasteiger partial charge in [-0.15, -0.1) is 0 Å². The number of anilines is 1. The Balaban J connectivity index is 1.75. The second-order valence-corrected chi connectivity index (χ2v) is 26.9. The summed E-state index contributed by atoms with van der Waals surface area (Å²) in [4.78, 5) is 61.4. The largest absolute Gasteiger partial charge is 0.458 e. The minimum absolute atomic E-state index is 0.0501. The summed E-state index contributed by atoms with van der Waals surface area (Å²) in [5.41, 5.74) is 3.21. The molecule has 2 fully saturated rings. The van der Waals surface area contributed by atoms with Gasteiger partial charge in [0.25, 0.3) is 10.1 Å². The first-order valence-corrected chi connectivity index (χ1v) is 26.2. The van der Waals surface area contributed by atoms with Gasteiger partial charge in [0, 0.05) is 36.4 Å². The smallest absolute Gasteiger partial charge is 0.342 e. The average molecular weight is 881 g/mol. The highest BCUT2D eigenvalue weighted by atomic mass is 32.3. The van der Waals surface area contributed by atoms with Gasteiger partial charge in [0.05, 0.1) is 17.6 Å². The van der Waals surface area contributed by atoms with E-state index in [1.165, 1.54) is 6.92 Å². The number of amides is 2. The zero-order valence-electron chi connectivity index (χ0n) is 38.6. The number of rotatable bonds is 15. The molecule has 0 saturated heterocycles. The van der Waals surface area contributed by atoms with Gasteiger partial charge < -0.3 is 20.4 Å². The predicted molar refractivity (Wildman–Crippen MR) is 240 cm³/mol. The Bertz CT molecular complexity index is 2050. The van der Waals surface area contributed by atoms with E-state index >= 15 is 0 Å². The summed E-state index contributed by atoms with van der Waals surface area (Å²) in [6.07, 6.45) is 10.0. The molecule has 2 aliphatic carbocycles. The molecule has 1 aliphatic heterocycles. The molecule has 16 heteroatoms. The van der Waals surface area contributed by atoms with Crippen LogP contribution in [0.4, 0.5) is 5.82 Å². The van der Waals surface area contributed by atoms with Crippen LogP contribution in [-0.4, -0.2) is 101 Å². The highest BCUT2D eigenvalue weighted by molar-refractivity contribution is 8.19. The summed E-state index contributed by atoms with van der Waals surface area (Å²) in [6.45, 7) is 20.2. The summed E-state index contributed by atoms with van der Waals surface area (Å²) < 4.78 is 41.2. The van der Waals surface area contributed by atoms with E-state index in [4.69, 9.17) is 19.5 Å². The van der Waals surface area contributed by atoms with E-state index in [-0.39, 0.29) is 60.3 Å². The second-order valence-electron chi connectivity index (χ2n) is 19.2. The number of carbonyl (C=O) groups is 3. The van der Waals surface area contributed by atoms with E-state index in [0.29, 0.717) is 64.2 Å². The number of allylic oxidation sites excluding steroid dienone is 1. The molecule has 2 amide bonds. The van der Waals surface area contributed by atoms with Crippen molar-refractivity contribution in [2.75, 3.05) is 43.4 Å². The fourth-order valence-corrected chi connectivity index (χ4v) is 14.8. The van der Waals surface area contributed by atoms with Gasteiger partial charge in [-0.3, -0.25) is 14.1 Å². The second kappa shape index (κ2) is 19.5. The van der Waals surface area contributed by atoms with Gasteiger partial charge in [0.1, 0.15) is 49.3 Å². The van der Waals surface area contributed by atoms with Crippen LogP contribution in [0.25, 0.3) is 6.08 Å². The summed E-state index contributed by atoms with van der Waals surface area (Å²) in [5, 5.41) is 5.32. The summed E-state index contributed by atoms with van der Waals surface area (Å²) >= 11 is 0. The standard InChI is InChI=1S/C44H73N5O9S2/c1-15-37(60(13,14,49(11)12)18-16-17-59(53,54)55)43(51)48-42-38(44(52)57-39-27(4)19-25(2)20-28(39)5)32(9)36(47-42)23-35-31(8)34(41(46-35)45-33(10)50)24-56-58-40-29(6)21-26(3)22-30(40)7/h23,25-30,37,39-40H,15-22,24H2,1-14H3,(H3-,45,46,47,48,50,51,52,53,54,55)/p+1. The van der Waals surface area contributed by atoms with Gasteiger partial charge in [0.15, 0.2) is 0 Å². The number of esters is 1. The molecular formula is C44H74N5O9S2+. The first-order valence-electron chi connectivity index (χ1n) is 21.6. The first-order chi connectivity index (χ1) is 27.8. The maximum absolute atomic E-state index is 14.6. The van der Waals surface area contributed by atoms with Gasteiger partial charge in [-0.25, -0.2) is 23.5 Å². The fraction of sp³-hybridized carbons (Fsp3) is 0.727. The van der Waals surface area contributed by atoms with Crippen molar-refractivity contribution in [3.8, 4) is 0 Å². The Morgan fingerprint density at radius 2 is 1.50 bits per heavy atom. The minimum Gasteiger partial charge on any atom is -0.458 e. The van der Waals surface area contributed by atoms with Crippen LogP contribution < -0.4 is 10.6 Å². The number of hydrogen-bond donors (Lipinski definition) is 4. The van der Waals surface area contributed by atoms with Crippen LogP contribution in [-0.2, 0) is 54.6 Å². The number of aliphatic imine (C=N–C) groups is 1. The van der Waals surface area contributed by atoms with Crippen molar-refractivity contribution < 1.29 is 45.8 Å². The number of aromatic nitrogens is 1. The van der Waals surface area contributed by atoms with Gasteiger partial charge >= 0.3 is 5.97 Å². The monoisotopic (exact) mass is 880 g/mol. The van der Waals surface area contributed by atoms with Crippen molar-refractivity contribution in [3.05, 3.63) is 33.7 Å². The van der Waals surface area contributed by atoms with Gasteiger partial charge in [-0.2, -0.15) is 8.42 Å². The van der Waals surface area contributed by atoms with E-state index in [1.54, 1.807) is 13.0 Å². The van der Waals surface area contributed by atoms with Crippen LogP contribution in [0.15, 0.2) is 21.8 Å². The van der Waals surface area contributed by atoms with Gasteiger partial charge in [0.2, 0.25) is 11.8 Å². The zero-order chi connectivity index (χ0) is 45.1. The van der Waals surface area contributed by atoms with Crippen molar-refractivity contribution in [2.24, 2.45) is 40.5 Å². The SMILES string of the molecule is CCC(C(=O)NC1=NC(=Cc2[nH]c(NC(C)=O)c(COOC3C(C)CC(C)CC3C)c2C)C(C)=C1C(=O)OC1C(C)CC(C)CC1C)S(C)(C)(CCCS(=O)(=O)O)=[N+](C)C. The number of nitrogens with one attached hydrogen (secondary N) is 3. The highest BCUT2D eigenvalue weighted by Crippen LogP contribution is 2.39. The van der Waals surface area contributed by atoms with Gasteiger partial charge in [-0.05, 0) is 105 Å². The molecule has 4 rings (SSSR count). The molecule has 2 heterocycles. The Labute approximate surface area is 358 Å². The Kier molecular flexibility index (Phi) is 16.1. The number of hydrogen-bond acceptors (Lipinski definition) is 9. The van der Waals surface area contributed by atoms with Crippen LogP contribution >= 0.6 is 0 Å². The molecular weight excluding hydrogens is 807 g/mol. The third-order valence-electron chi connectivity index (χ3n) is 13.6. The Morgan fingerprint density at radius 1 is 0.950 bits per heavy atom. The maximum atomic E-state index is 14.6. The molecule has 340 valence electrons. The summed E-state index contributed by atoms with van der Waals surface area (Å²) in [5.74, 6) is 1.41. The summed E-state index contributed by atoms with van der Waals surface area (Å²) in [6, 6.07) is 0. The van der Waals surface area contributed by atoms with Crippen LogP contribution in [0.1, 0.15) is 118 Å². The number of aromatic amines is 1. The number of H-pyrrole nitrogens is 1. The topological polar surface area (TPSA) is 188 Å². The average Bonchev–Trinajstić information content (AvgIpc) is 3.56. The Morgan fingerprint density at radius 3 is 2.00 bits per heavy atom. The quantitative estimate of drug-likeness (QED) is 0.0470. The van der Waals surface area contributed by atoms with Crippen molar-refractivity contribution in [1.29, 1.82) is 0 Å². The number of nitrogens with zero attached hydrogens (tertiary/aromatic N) is 2. The number of amidine groups is 1. The lowest BCUT2D eigenvalue weighted by atomic mass is 9.75. The lowest BCUT2D eigenvalue weighted by Crippen LogP contribution is -2.58. The lowest BCUT2D eigenvalue weighted by molar-refractivity contribution is -0.443. The molecule has 5 atom stereocenters. The third kappa shape index (κ3) is 11.4. The van der Waals surface area contributed by atoms with Crippen molar-refractivity contribution in [2.45, 2.75) is 132 Å². The minimum atomic E-state index is -4.20. The maximum Gasteiger partial charge on any atom is 0.342 e. The van der Waals surface area contributed by atoms with E-state index in [9.17, 15) is 27.4 Å². The molecule has 2 saturated carbocycles. The lowest BCUT2D eigenvalue weighted by Gasteiger charge is -2.44. The van der Waals surface area contributed by atoms with Crippen molar-refractivity contribution in [3.63, 3.8) is 0 Å². The van der Waals surface area contributed by atoms with Gasteiger partial charge in [-0.1, -0.05) is 57.4 Å². The molecule has 5 unspecified atom stereocenters. The van der Waals surface area contributed by atoms with Crippen LogP contribution in [0.5, 0.6) is 0 Å². The first kappa shape index (κ1) is 49.5. The number of ether oxygens (including phenoxy) is 1. The number of carbonyl (C=O) groups excluding carboxylic acids is 3. The van der Waals surface area contributed by atoms with Crippen LogP contribution in [0.3, 0.4) is 0 Å². The molecule has 0 bridgehead atoms. The molecule has 3 aliphatic rings. The normalized spacial score (nSPS) is 28.1. The molecule has 1 aromatic rings. The summed E-state index contributed by atoms with van der Waals surface area (Å²) in [7, 11) is -3.28. The molecule has 0 radical (unpaired) electrons. The third-order valence-corrected chi connectivity index (χ3v) is 20.6. The van der Waals surface area contributed by atoms with Crippen molar-refractivity contribution in [1.82, 2.24) is 10.3 Å². The van der Waals surface area contributed by atoms with Crippen LogP contribution in [0, 0.1) is 42.4 Å². The fourth-order valence-electron chi connectivity index (χ4n) is 10.1. The zero-order valence-corrected chi connectivity index (χ0v) is 40.2. The molecule has 14 nitrogen and oxygen atoms in total. The highest BCUT2D eigenvalue weighted by Gasteiger charge is 2.45. The Hall–Kier alpha value is -3.18. The van der Waals surface area contributed by atoms with E-state index in [0.717, 1.165) is 31.2 Å². The molecule has 4 N–H and O–H groups in total. The van der Waals surface area contributed by atoms with Crippen molar-refractivity contribution >= 4 is 54.6 Å². The van der Waals surface area contributed by atoms with E-state index < -0.39 is 36.0 Å². The van der Waals surface area contributed by atoms with E-state index in [1.807, 2.05) is 44.4 Å². The molecule has 1 aromatic heterocycles. The van der Waals surface area contributed by atoms with Crippen LogP contribution in [0.2, 0.25) is 0 Å². The van der Waals surface area contributed by atoms with E-state index in [2.05, 4.69) is 57.2 Å².